The van der Waals surface area contributed by atoms with Gasteiger partial charge in [0.05, 0.1) is 24.3 Å². The molecule has 29 heavy (non-hydrogen) atoms. The number of rotatable bonds is 5. The van der Waals surface area contributed by atoms with Crippen molar-refractivity contribution in [2.24, 2.45) is 0 Å². The van der Waals surface area contributed by atoms with Crippen molar-refractivity contribution >= 4 is 16.8 Å². The molecule has 7 heteroatoms. The number of nitrogens with zero attached hydrogens (tertiary/aromatic N) is 4. The lowest BCUT2D eigenvalue weighted by Gasteiger charge is -2.26. The van der Waals surface area contributed by atoms with E-state index in [1.165, 1.54) is 0 Å². The van der Waals surface area contributed by atoms with Gasteiger partial charge in [-0.15, -0.1) is 5.10 Å². The zero-order valence-electron chi connectivity index (χ0n) is 17.2. The van der Waals surface area contributed by atoms with Crippen molar-refractivity contribution in [1.29, 1.82) is 0 Å². The predicted molar refractivity (Wildman–Crippen MR) is 114 cm³/mol. The lowest BCUT2D eigenvalue weighted by atomic mass is 10.2. The van der Waals surface area contributed by atoms with Gasteiger partial charge in [0.25, 0.3) is 5.91 Å². The molecule has 0 saturated carbocycles. The highest BCUT2D eigenvalue weighted by atomic mass is 16.5. The van der Waals surface area contributed by atoms with E-state index in [1.807, 2.05) is 61.9 Å². The van der Waals surface area contributed by atoms with Crippen molar-refractivity contribution in [1.82, 2.24) is 24.9 Å². The third-order valence-electron chi connectivity index (χ3n) is 4.76. The molecule has 0 atom stereocenters. The van der Waals surface area contributed by atoms with Crippen LogP contribution in [0.4, 0.5) is 0 Å². The molecule has 3 aromatic rings. The van der Waals surface area contributed by atoms with Crippen LogP contribution in [0.2, 0.25) is 0 Å². The largest absolute Gasteiger partial charge is 0.472 e. The number of hydrogen-bond donors (Lipinski definition) is 1. The van der Waals surface area contributed by atoms with Gasteiger partial charge >= 0.3 is 0 Å². The standard InChI is InChI=1S/C20H21N5O2.C2H6/c1-3-14(4-2)13-27-18-11-15-12-24(9-10-25(15)23-18)20(26)19-16-7-5-6-8-17(16)21-22-19;1-2/h3-8,11H,1,9-10,12-13H2,2H3,(H,21,22);1-2H3/b14-4+;. The number of hydrogen-bond acceptors (Lipinski definition) is 4. The van der Waals surface area contributed by atoms with Crippen molar-refractivity contribution in [3.8, 4) is 5.88 Å². The summed E-state index contributed by atoms with van der Waals surface area (Å²) in [6, 6.07) is 9.53. The van der Waals surface area contributed by atoms with Gasteiger partial charge in [-0.3, -0.25) is 14.6 Å². The van der Waals surface area contributed by atoms with Gasteiger partial charge in [0.15, 0.2) is 5.69 Å². The van der Waals surface area contributed by atoms with E-state index < -0.39 is 0 Å². The van der Waals surface area contributed by atoms with E-state index in [2.05, 4.69) is 21.9 Å². The average molecular weight is 393 g/mol. The van der Waals surface area contributed by atoms with Crippen molar-refractivity contribution < 1.29 is 9.53 Å². The van der Waals surface area contributed by atoms with Gasteiger partial charge in [-0.2, -0.15) is 5.10 Å². The maximum Gasteiger partial charge on any atom is 0.275 e. The fourth-order valence-electron chi connectivity index (χ4n) is 3.18. The van der Waals surface area contributed by atoms with E-state index >= 15 is 0 Å². The molecule has 1 aromatic carbocycles. The summed E-state index contributed by atoms with van der Waals surface area (Å²) < 4.78 is 7.63. The molecule has 0 fully saturated rings. The minimum Gasteiger partial charge on any atom is -0.472 e. The minimum atomic E-state index is -0.0785. The smallest absolute Gasteiger partial charge is 0.275 e. The normalized spacial score (nSPS) is 13.5. The van der Waals surface area contributed by atoms with Gasteiger partial charge in [-0.1, -0.05) is 50.8 Å². The van der Waals surface area contributed by atoms with Gasteiger partial charge in [0.1, 0.15) is 6.61 Å². The number of ether oxygens (including phenoxy) is 1. The van der Waals surface area contributed by atoms with Crippen molar-refractivity contribution in [3.63, 3.8) is 0 Å². The second-order valence-corrected chi connectivity index (χ2v) is 6.40. The first-order valence-corrected chi connectivity index (χ1v) is 9.89. The molecule has 152 valence electrons. The third kappa shape index (κ3) is 4.23. The first-order chi connectivity index (χ1) is 14.2. The van der Waals surface area contributed by atoms with E-state index in [1.54, 1.807) is 11.0 Å². The van der Waals surface area contributed by atoms with Crippen LogP contribution in [0.15, 0.2) is 54.6 Å². The summed E-state index contributed by atoms with van der Waals surface area (Å²) in [6.07, 6.45) is 3.72. The molecular formula is C22H27N5O2. The first-order valence-electron chi connectivity index (χ1n) is 9.89. The van der Waals surface area contributed by atoms with E-state index in [4.69, 9.17) is 4.74 Å². The van der Waals surface area contributed by atoms with Crippen LogP contribution in [0, 0.1) is 0 Å². The number of amides is 1. The van der Waals surface area contributed by atoms with Crippen LogP contribution in [0.1, 0.15) is 37.0 Å². The van der Waals surface area contributed by atoms with Crippen molar-refractivity contribution in [3.05, 3.63) is 66.0 Å². The Morgan fingerprint density at radius 3 is 2.86 bits per heavy atom. The van der Waals surface area contributed by atoms with Crippen molar-refractivity contribution in [2.75, 3.05) is 13.2 Å². The summed E-state index contributed by atoms with van der Waals surface area (Å²) in [5, 5.41) is 12.5. The average Bonchev–Trinajstić information content (AvgIpc) is 3.38. The van der Waals surface area contributed by atoms with E-state index in [0.717, 1.165) is 22.2 Å². The Morgan fingerprint density at radius 1 is 1.31 bits per heavy atom. The number of nitrogens with one attached hydrogen (secondary N) is 1. The van der Waals surface area contributed by atoms with Crippen LogP contribution >= 0.6 is 0 Å². The number of aromatic amines is 1. The second-order valence-electron chi connectivity index (χ2n) is 6.40. The Morgan fingerprint density at radius 2 is 2.10 bits per heavy atom. The molecule has 1 aliphatic heterocycles. The maximum atomic E-state index is 12.9. The Balaban J connectivity index is 0.00000117. The number of allylic oxidation sites excluding steroid dienone is 1. The Kier molecular flexibility index (Phi) is 6.49. The SMILES string of the molecule is C=C/C(=C\C)COc1cc2n(n1)CCN(C(=O)c1n[nH]c3ccccc13)C2.CC. The van der Waals surface area contributed by atoms with Gasteiger partial charge < -0.3 is 9.64 Å². The zero-order chi connectivity index (χ0) is 20.8. The Labute approximate surface area is 170 Å². The molecule has 3 heterocycles. The van der Waals surface area contributed by atoms with E-state index in [9.17, 15) is 4.79 Å². The summed E-state index contributed by atoms with van der Waals surface area (Å²) >= 11 is 0. The number of benzene rings is 1. The molecule has 2 aromatic heterocycles. The molecular weight excluding hydrogens is 366 g/mol. The highest BCUT2D eigenvalue weighted by Crippen LogP contribution is 2.22. The lowest BCUT2D eigenvalue weighted by Crippen LogP contribution is -2.38. The topological polar surface area (TPSA) is 76.0 Å². The number of carbonyl (C=O) groups excluding carboxylic acids is 1. The van der Waals surface area contributed by atoms with Crippen LogP contribution < -0.4 is 4.74 Å². The molecule has 0 unspecified atom stereocenters. The molecule has 1 N–H and O–H groups in total. The van der Waals surface area contributed by atoms with E-state index in [-0.39, 0.29) is 5.91 Å². The van der Waals surface area contributed by atoms with Gasteiger partial charge in [-0.25, -0.2) is 0 Å². The number of aromatic nitrogens is 4. The maximum absolute atomic E-state index is 12.9. The van der Waals surface area contributed by atoms with Gasteiger partial charge in [-0.05, 0) is 18.6 Å². The Hall–Kier alpha value is -3.35. The van der Waals surface area contributed by atoms with Crippen LogP contribution in [0.5, 0.6) is 5.88 Å². The van der Waals surface area contributed by atoms with Gasteiger partial charge in [0.2, 0.25) is 5.88 Å². The summed E-state index contributed by atoms with van der Waals surface area (Å²) in [6.45, 7) is 11.8. The monoisotopic (exact) mass is 393 g/mol. The lowest BCUT2D eigenvalue weighted by molar-refractivity contribution is 0.0702. The molecule has 0 spiro atoms. The number of H-pyrrole nitrogens is 1. The van der Waals surface area contributed by atoms with Crippen LogP contribution in [-0.4, -0.2) is 43.9 Å². The summed E-state index contributed by atoms with van der Waals surface area (Å²) in [4.78, 5) is 14.7. The number of fused-ring (bicyclic) bond motifs is 2. The fourth-order valence-corrected chi connectivity index (χ4v) is 3.18. The molecule has 0 bridgehead atoms. The van der Waals surface area contributed by atoms with Crippen LogP contribution in [-0.2, 0) is 13.1 Å². The highest BCUT2D eigenvalue weighted by molar-refractivity contribution is 6.04. The summed E-state index contributed by atoms with van der Waals surface area (Å²) in [7, 11) is 0. The molecule has 4 rings (SSSR count). The quantitative estimate of drug-likeness (QED) is 0.666. The first kappa shape index (κ1) is 20.4. The molecule has 7 nitrogen and oxygen atoms in total. The second kappa shape index (κ2) is 9.23. The molecule has 0 saturated heterocycles. The third-order valence-corrected chi connectivity index (χ3v) is 4.76. The van der Waals surface area contributed by atoms with Gasteiger partial charge in [0, 0.05) is 18.0 Å². The van der Waals surface area contributed by atoms with Crippen LogP contribution in [0.25, 0.3) is 10.9 Å². The number of carbonyl (C=O) groups is 1. The predicted octanol–water partition coefficient (Wildman–Crippen LogP) is 3.95. The summed E-state index contributed by atoms with van der Waals surface area (Å²) in [5.41, 5.74) is 3.27. The Bertz CT molecular complexity index is 1030. The number of para-hydroxylation sites is 1. The van der Waals surface area contributed by atoms with Crippen molar-refractivity contribution in [2.45, 2.75) is 33.9 Å². The summed E-state index contributed by atoms with van der Waals surface area (Å²) in [5.74, 6) is 0.482. The fraction of sp³-hybridized carbons (Fsp3) is 0.318. The highest BCUT2D eigenvalue weighted by Gasteiger charge is 2.26. The van der Waals surface area contributed by atoms with E-state index in [0.29, 0.717) is 37.8 Å². The molecule has 1 amide bonds. The molecule has 1 aliphatic rings. The molecule has 0 radical (unpaired) electrons. The van der Waals surface area contributed by atoms with Crippen LogP contribution in [0.3, 0.4) is 0 Å². The zero-order valence-corrected chi connectivity index (χ0v) is 17.2. The molecule has 0 aliphatic carbocycles. The minimum absolute atomic E-state index is 0.0785.